The van der Waals surface area contributed by atoms with Crippen LogP contribution in [0.25, 0.3) is 27.0 Å². The summed E-state index contributed by atoms with van der Waals surface area (Å²) in [5.41, 5.74) is 8.92. The van der Waals surface area contributed by atoms with Crippen molar-refractivity contribution in [3.8, 4) is 11.3 Å². The minimum atomic E-state index is 0.650. The van der Waals surface area contributed by atoms with E-state index in [0.717, 1.165) is 33.8 Å². The van der Waals surface area contributed by atoms with Crippen molar-refractivity contribution in [1.82, 2.24) is 9.38 Å². The minimum absolute atomic E-state index is 0.650. The third kappa shape index (κ3) is 1.44. The molecule has 0 spiro atoms. The van der Waals surface area contributed by atoms with Crippen LogP contribution in [-0.2, 0) is 0 Å². The largest absolute Gasteiger partial charge is 0.466 e. The van der Waals surface area contributed by atoms with Crippen molar-refractivity contribution >= 4 is 32.9 Å². The van der Waals surface area contributed by atoms with Crippen molar-refractivity contribution in [2.75, 3.05) is 5.73 Å². The Kier molecular flexibility index (Phi) is 2.23. The molecule has 2 N–H and O–H groups in total. The maximum absolute atomic E-state index is 6.27. The van der Waals surface area contributed by atoms with E-state index in [2.05, 4.69) is 17.5 Å². The van der Waals surface area contributed by atoms with Gasteiger partial charge in [-0.05, 0) is 37.4 Å². The van der Waals surface area contributed by atoms with E-state index in [1.807, 2.05) is 30.5 Å². The second kappa shape index (κ2) is 3.86. The standard InChI is InChI=1S/C15H13N3OS/c1-8-7-11(9(2)19-8)13-14(16)18-5-3-12-10(4-6-20-12)15(18)17-13/h3-7H,16H2,1-2H3. The molecule has 20 heavy (non-hydrogen) atoms. The zero-order valence-corrected chi connectivity index (χ0v) is 12.0. The summed E-state index contributed by atoms with van der Waals surface area (Å²) in [6.45, 7) is 3.87. The van der Waals surface area contributed by atoms with Crippen molar-refractivity contribution in [1.29, 1.82) is 0 Å². The number of hydrogen-bond acceptors (Lipinski definition) is 4. The molecule has 4 rings (SSSR count). The first-order valence-electron chi connectivity index (χ1n) is 6.36. The van der Waals surface area contributed by atoms with Crippen molar-refractivity contribution in [3.63, 3.8) is 0 Å². The van der Waals surface area contributed by atoms with Crippen LogP contribution in [0.1, 0.15) is 11.5 Å². The SMILES string of the molecule is Cc1cc(-c2nc3c4ccsc4ccn3c2N)c(C)o1. The average Bonchev–Trinajstić information content (AvgIpc) is 3.07. The molecule has 0 aliphatic rings. The summed E-state index contributed by atoms with van der Waals surface area (Å²) in [5, 5.41) is 3.20. The molecule has 0 aromatic carbocycles. The van der Waals surface area contributed by atoms with Crippen LogP contribution in [0.15, 0.2) is 34.2 Å². The summed E-state index contributed by atoms with van der Waals surface area (Å²) in [7, 11) is 0. The number of furan rings is 1. The molecule has 0 fully saturated rings. The molecule has 100 valence electrons. The number of pyridine rings is 1. The van der Waals surface area contributed by atoms with Crippen molar-refractivity contribution in [3.05, 3.63) is 41.3 Å². The lowest BCUT2D eigenvalue weighted by Gasteiger charge is -1.97. The molecule has 0 saturated heterocycles. The molecule has 0 bridgehead atoms. The van der Waals surface area contributed by atoms with E-state index in [9.17, 15) is 0 Å². The van der Waals surface area contributed by atoms with Gasteiger partial charge in [-0.3, -0.25) is 4.40 Å². The second-order valence-corrected chi connectivity index (χ2v) is 5.83. The highest BCUT2D eigenvalue weighted by Gasteiger charge is 2.17. The Labute approximate surface area is 119 Å². The molecule has 4 nitrogen and oxygen atoms in total. The fourth-order valence-corrected chi connectivity index (χ4v) is 3.40. The van der Waals surface area contributed by atoms with E-state index < -0.39 is 0 Å². The number of anilines is 1. The number of fused-ring (bicyclic) bond motifs is 3. The number of thiophene rings is 1. The van der Waals surface area contributed by atoms with E-state index in [4.69, 9.17) is 15.1 Å². The van der Waals surface area contributed by atoms with Gasteiger partial charge in [0.05, 0.1) is 0 Å². The molecular weight excluding hydrogens is 270 g/mol. The predicted octanol–water partition coefficient (Wildman–Crippen LogP) is 4.01. The van der Waals surface area contributed by atoms with Crippen LogP contribution in [0, 0.1) is 13.8 Å². The molecule has 4 aromatic heterocycles. The lowest BCUT2D eigenvalue weighted by molar-refractivity contribution is 0.505. The molecule has 0 atom stereocenters. The normalized spacial score (nSPS) is 11.7. The Bertz CT molecular complexity index is 945. The number of aromatic nitrogens is 2. The zero-order valence-electron chi connectivity index (χ0n) is 11.2. The van der Waals surface area contributed by atoms with Gasteiger partial charge in [-0.2, -0.15) is 0 Å². The van der Waals surface area contributed by atoms with Gasteiger partial charge in [0, 0.05) is 21.8 Å². The highest BCUT2D eigenvalue weighted by molar-refractivity contribution is 7.17. The van der Waals surface area contributed by atoms with E-state index in [1.54, 1.807) is 11.3 Å². The predicted molar refractivity (Wildman–Crippen MR) is 82.2 cm³/mol. The molecule has 4 aromatic rings. The van der Waals surface area contributed by atoms with Gasteiger partial charge in [0.1, 0.15) is 28.7 Å². The molecule has 5 heteroatoms. The molecule has 4 heterocycles. The number of aryl methyl sites for hydroxylation is 2. The smallest absolute Gasteiger partial charge is 0.147 e. The van der Waals surface area contributed by atoms with Gasteiger partial charge >= 0.3 is 0 Å². The maximum Gasteiger partial charge on any atom is 0.147 e. The molecule has 0 amide bonds. The zero-order chi connectivity index (χ0) is 13.9. The van der Waals surface area contributed by atoms with E-state index in [-0.39, 0.29) is 0 Å². The molecule has 0 unspecified atom stereocenters. The minimum Gasteiger partial charge on any atom is -0.466 e. The van der Waals surface area contributed by atoms with Crippen LogP contribution >= 0.6 is 11.3 Å². The number of nitrogen functional groups attached to an aromatic ring is 1. The fraction of sp³-hybridized carbons (Fsp3) is 0.133. The van der Waals surface area contributed by atoms with Crippen molar-refractivity contribution in [2.24, 2.45) is 0 Å². The Balaban J connectivity index is 2.10. The number of nitrogens with two attached hydrogens (primary N) is 1. The fourth-order valence-electron chi connectivity index (χ4n) is 2.63. The molecule has 0 saturated carbocycles. The third-order valence-electron chi connectivity index (χ3n) is 3.56. The highest BCUT2D eigenvalue weighted by Crippen LogP contribution is 2.34. The van der Waals surface area contributed by atoms with Crippen LogP contribution in [0.4, 0.5) is 5.82 Å². The average molecular weight is 283 g/mol. The van der Waals surface area contributed by atoms with E-state index in [0.29, 0.717) is 5.82 Å². The monoisotopic (exact) mass is 283 g/mol. The second-order valence-electron chi connectivity index (χ2n) is 4.88. The third-order valence-corrected chi connectivity index (χ3v) is 4.44. The Morgan fingerprint density at radius 1 is 1.30 bits per heavy atom. The van der Waals surface area contributed by atoms with Gasteiger partial charge in [0.25, 0.3) is 0 Å². The molecule has 0 aliphatic heterocycles. The van der Waals surface area contributed by atoms with Crippen LogP contribution in [-0.4, -0.2) is 9.38 Å². The Hall–Kier alpha value is -2.27. The summed E-state index contributed by atoms with van der Waals surface area (Å²) in [6, 6.07) is 6.14. The topological polar surface area (TPSA) is 56.5 Å². The van der Waals surface area contributed by atoms with Gasteiger partial charge in [-0.25, -0.2) is 4.98 Å². The summed E-state index contributed by atoms with van der Waals surface area (Å²) >= 11 is 1.71. The molecule has 0 radical (unpaired) electrons. The lowest BCUT2D eigenvalue weighted by Crippen LogP contribution is -1.93. The highest BCUT2D eigenvalue weighted by atomic mass is 32.1. The number of rotatable bonds is 1. The quantitative estimate of drug-likeness (QED) is 0.574. The van der Waals surface area contributed by atoms with Crippen molar-refractivity contribution < 1.29 is 4.42 Å². The number of hydrogen-bond donors (Lipinski definition) is 1. The van der Waals surface area contributed by atoms with Crippen molar-refractivity contribution in [2.45, 2.75) is 13.8 Å². The Morgan fingerprint density at radius 3 is 2.90 bits per heavy atom. The van der Waals surface area contributed by atoms with Crippen LogP contribution in [0.5, 0.6) is 0 Å². The van der Waals surface area contributed by atoms with Gasteiger partial charge in [-0.1, -0.05) is 0 Å². The van der Waals surface area contributed by atoms with E-state index in [1.165, 1.54) is 4.70 Å². The molecular formula is C15H13N3OS. The van der Waals surface area contributed by atoms with Crippen LogP contribution in [0.3, 0.4) is 0 Å². The lowest BCUT2D eigenvalue weighted by atomic mass is 10.2. The van der Waals surface area contributed by atoms with Crippen LogP contribution < -0.4 is 5.73 Å². The Morgan fingerprint density at radius 2 is 2.15 bits per heavy atom. The molecule has 0 aliphatic carbocycles. The summed E-state index contributed by atoms with van der Waals surface area (Å²) in [5.74, 6) is 2.37. The van der Waals surface area contributed by atoms with E-state index >= 15 is 0 Å². The summed E-state index contributed by atoms with van der Waals surface area (Å²) in [4.78, 5) is 4.74. The first kappa shape index (κ1) is 11.5. The van der Waals surface area contributed by atoms with Crippen LogP contribution in [0.2, 0.25) is 0 Å². The first-order valence-corrected chi connectivity index (χ1v) is 7.24. The summed E-state index contributed by atoms with van der Waals surface area (Å²) < 4.78 is 8.74. The van der Waals surface area contributed by atoms with Gasteiger partial charge in [-0.15, -0.1) is 11.3 Å². The number of imidazole rings is 1. The maximum atomic E-state index is 6.27. The van der Waals surface area contributed by atoms with Gasteiger partial charge in [0.2, 0.25) is 0 Å². The van der Waals surface area contributed by atoms with Gasteiger partial charge in [0.15, 0.2) is 0 Å². The number of nitrogens with zero attached hydrogens (tertiary/aromatic N) is 2. The summed E-state index contributed by atoms with van der Waals surface area (Å²) in [6.07, 6.45) is 1.97. The first-order chi connectivity index (χ1) is 9.65. The van der Waals surface area contributed by atoms with Gasteiger partial charge < -0.3 is 10.2 Å².